The van der Waals surface area contributed by atoms with E-state index < -0.39 is 0 Å². The van der Waals surface area contributed by atoms with Crippen LogP contribution in [0.25, 0.3) is 20.9 Å². The van der Waals surface area contributed by atoms with Crippen LogP contribution in [0.15, 0.2) is 78.9 Å². The second-order valence-corrected chi connectivity index (χ2v) is 13.7. The Morgan fingerprint density at radius 1 is 0.814 bits per heavy atom. The standard InChI is InChI=1S/C37H41Cl2N2OS/c1-5-41(6-2,25-29-21-26(3)20-27(4)22-29)19-10-9-18-40(24-28-16-17-30-12-7-8-13-31(30)23-28)37(42)36-35(39)34-32(38)14-11-15-33(34)43-36/h7-8,11-17,20-23H,5-6,9-10,18-19,24-25H2,1-4H3/q+1. The molecule has 0 unspecified atom stereocenters. The molecule has 5 rings (SSSR count). The van der Waals surface area contributed by atoms with Crippen molar-refractivity contribution in [2.75, 3.05) is 26.2 Å². The molecule has 0 radical (unpaired) electrons. The van der Waals surface area contributed by atoms with Crippen LogP contribution in [0.1, 0.15) is 58.6 Å². The number of aryl methyl sites for hydroxylation is 2. The molecule has 0 spiro atoms. The maximum absolute atomic E-state index is 14.1. The van der Waals surface area contributed by atoms with Crippen molar-refractivity contribution >= 4 is 61.3 Å². The normalized spacial score (nSPS) is 11.9. The molecule has 3 nitrogen and oxygen atoms in total. The predicted molar refractivity (Wildman–Crippen MR) is 186 cm³/mol. The number of rotatable bonds is 12. The molecule has 0 atom stereocenters. The van der Waals surface area contributed by atoms with Crippen molar-refractivity contribution in [3.05, 3.63) is 116 Å². The first-order valence-electron chi connectivity index (χ1n) is 15.3. The number of amides is 1. The Balaban J connectivity index is 1.35. The number of nitrogens with zero attached hydrogens (tertiary/aromatic N) is 2. The first kappa shape index (κ1) is 31.5. The van der Waals surface area contributed by atoms with Gasteiger partial charge in [-0.15, -0.1) is 11.3 Å². The molecular weight excluding hydrogens is 591 g/mol. The van der Waals surface area contributed by atoms with Gasteiger partial charge in [-0.05, 0) is 75.1 Å². The summed E-state index contributed by atoms with van der Waals surface area (Å²) in [5.41, 5.74) is 5.17. The van der Waals surface area contributed by atoms with Crippen molar-refractivity contribution in [1.29, 1.82) is 0 Å². The van der Waals surface area contributed by atoms with Crippen LogP contribution in [-0.2, 0) is 13.1 Å². The highest BCUT2D eigenvalue weighted by Gasteiger charge is 2.26. The molecule has 1 aromatic heterocycles. The zero-order chi connectivity index (χ0) is 30.6. The lowest BCUT2D eigenvalue weighted by atomic mass is 10.1. The number of hydrogen-bond donors (Lipinski definition) is 0. The third kappa shape index (κ3) is 7.26. The third-order valence-electron chi connectivity index (χ3n) is 8.73. The highest BCUT2D eigenvalue weighted by Crippen LogP contribution is 2.40. The van der Waals surface area contributed by atoms with Gasteiger partial charge in [-0.2, -0.15) is 0 Å². The van der Waals surface area contributed by atoms with E-state index in [1.54, 1.807) is 0 Å². The maximum atomic E-state index is 14.1. The molecule has 1 amide bonds. The summed E-state index contributed by atoms with van der Waals surface area (Å²) >= 11 is 14.7. The SMILES string of the molecule is CC[N+](CC)(CCCCN(Cc1ccc2ccccc2c1)C(=O)c1sc2cccc(Cl)c2c1Cl)Cc1cc(C)cc(C)c1. The van der Waals surface area contributed by atoms with E-state index in [-0.39, 0.29) is 5.91 Å². The number of hydrogen-bond acceptors (Lipinski definition) is 2. The Hall–Kier alpha value is -2.89. The summed E-state index contributed by atoms with van der Waals surface area (Å²) in [7, 11) is 0. The zero-order valence-corrected chi connectivity index (χ0v) is 28.0. The van der Waals surface area contributed by atoms with Crippen molar-refractivity contribution in [3.8, 4) is 0 Å². The monoisotopic (exact) mass is 631 g/mol. The van der Waals surface area contributed by atoms with Gasteiger partial charge in [0.05, 0.1) is 29.7 Å². The van der Waals surface area contributed by atoms with E-state index >= 15 is 0 Å². The molecule has 0 fully saturated rings. The predicted octanol–water partition coefficient (Wildman–Crippen LogP) is 10.5. The van der Waals surface area contributed by atoms with E-state index in [2.05, 4.69) is 88.4 Å². The highest BCUT2D eigenvalue weighted by atomic mass is 35.5. The first-order chi connectivity index (χ1) is 20.7. The molecule has 0 N–H and O–H groups in total. The van der Waals surface area contributed by atoms with Crippen LogP contribution in [-0.4, -0.2) is 41.5 Å². The summed E-state index contributed by atoms with van der Waals surface area (Å²) in [6.45, 7) is 14.5. The van der Waals surface area contributed by atoms with E-state index in [4.69, 9.17) is 23.2 Å². The van der Waals surface area contributed by atoms with Gasteiger partial charge in [0.25, 0.3) is 5.91 Å². The van der Waals surface area contributed by atoms with Crippen LogP contribution in [0.2, 0.25) is 10.0 Å². The number of benzene rings is 4. The molecule has 5 aromatic rings. The third-order valence-corrected chi connectivity index (χ3v) is 10.7. The summed E-state index contributed by atoms with van der Waals surface area (Å²) < 4.78 is 1.98. The lowest BCUT2D eigenvalue weighted by Gasteiger charge is -2.37. The second-order valence-electron chi connectivity index (χ2n) is 11.8. The molecule has 0 aliphatic rings. The largest absolute Gasteiger partial charge is 0.334 e. The molecular formula is C37H41Cl2N2OS+. The summed E-state index contributed by atoms with van der Waals surface area (Å²) in [5.74, 6) is -0.0302. The molecule has 224 valence electrons. The Bertz CT molecular complexity index is 1720. The quantitative estimate of drug-likeness (QED) is 0.0990. The van der Waals surface area contributed by atoms with Crippen LogP contribution in [0.4, 0.5) is 0 Å². The summed E-state index contributed by atoms with van der Waals surface area (Å²) in [4.78, 5) is 16.7. The lowest BCUT2D eigenvalue weighted by molar-refractivity contribution is -0.938. The van der Waals surface area contributed by atoms with Crippen molar-refractivity contribution in [2.45, 2.75) is 53.6 Å². The maximum Gasteiger partial charge on any atom is 0.265 e. The minimum atomic E-state index is -0.0302. The minimum Gasteiger partial charge on any atom is -0.334 e. The van der Waals surface area contributed by atoms with Crippen molar-refractivity contribution in [1.82, 2.24) is 4.90 Å². The first-order valence-corrected chi connectivity index (χ1v) is 16.8. The van der Waals surface area contributed by atoms with Gasteiger partial charge in [-0.3, -0.25) is 4.79 Å². The zero-order valence-electron chi connectivity index (χ0n) is 25.6. The fourth-order valence-electron chi connectivity index (χ4n) is 6.30. The Morgan fingerprint density at radius 2 is 1.53 bits per heavy atom. The molecule has 0 aliphatic carbocycles. The average Bonchev–Trinajstić information content (AvgIpc) is 3.34. The number of fused-ring (bicyclic) bond motifs is 2. The molecule has 4 aromatic carbocycles. The van der Waals surface area contributed by atoms with Gasteiger partial charge in [0.15, 0.2) is 0 Å². The fourth-order valence-corrected chi connectivity index (χ4v) is 8.22. The van der Waals surface area contributed by atoms with Gasteiger partial charge in [0, 0.05) is 28.7 Å². The molecule has 6 heteroatoms. The number of carbonyl (C=O) groups is 1. The van der Waals surface area contributed by atoms with Gasteiger partial charge < -0.3 is 9.38 Å². The number of halogens is 2. The van der Waals surface area contributed by atoms with E-state index in [1.165, 1.54) is 38.8 Å². The van der Waals surface area contributed by atoms with Crippen LogP contribution in [0, 0.1) is 13.8 Å². The van der Waals surface area contributed by atoms with Crippen molar-refractivity contribution in [2.24, 2.45) is 0 Å². The van der Waals surface area contributed by atoms with Crippen molar-refractivity contribution < 1.29 is 9.28 Å². The van der Waals surface area contributed by atoms with E-state index in [1.807, 2.05) is 23.1 Å². The van der Waals surface area contributed by atoms with Gasteiger partial charge in [0.1, 0.15) is 11.4 Å². The molecule has 0 saturated carbocycles. The summed E-state index contributed by atoms with van der Waals surface area (Å²) in [5, 5.41) is 4.18. The minimum absolute atomic E-state index is 0.0302. The van der Waals surface area contributed by atoms with E-state index in [0.717, 1.165) is 59.2 Å². The lowest BCUT2D eigenvalue weighted by Crippen LogP contribution is -2.47. The number of thiophene rings is 1. The number of quaternary nitrogens is 1. The van der Waals surface area contributed by atoms with E-state index in [9.17, 15) is 4.79 Å². The van der Waals surface area contributed by atoms with Crippen LogP contribution in [0.3, 0.4) is 0 Å². The summed E-state index contributed by atoms with van der Waals surface area (Å²) in [6.07, 6.45) is 1.97. The molecule has 0 saturated heterocycles. The van der Waals surface area contributed by atoms with Crippen molar-refractivity contribution in [3.63, 3.8) is 0 Å². The van der Waals surface area contributed by atoms with E-state index in [0.29, 0.717) is 28.0 Å². The van der Waals surface area contributed by atoms with Crippen LogP contribution in [0.5, 0.6) is 0 Å². The van der Waals surface area contributed by atoms with Gasteiger partial charge in [-0.25, -0.2) is 0 Å². The Morgan fingerprint density at radius 3 is 2.23 bits per heavy atom. The Kier molecular flexibility index (Phi) is 10.1. The molecule has 43 heavy (non-hydrogen) atoms. The smallest absolute Gasteiger partial charge is 0.265 e. The number of carbonyl (C=O) groups excluding carboxylic acids is 1. The molecule has 1 heterocycles. The fraction of sp³-hybridized carbons (Fsp3) is 0.324. The number of unbranched alkanes of at least 4 members (excludes halogenated alkanes) is 1. The molecule has 0 bridgehead atoms. The Labute approximate surface area is 270 Å². The molecule has 0 aliphatic heterocycles. The second kappa shape index (κ2) is 13.8. The van der Waals surface area contributed by atoms with Gasteiger partial charge in [0.2, 0.25) is 0 Å². The van der Waals surface area contributed by atoms with Gasteiger partial charge in [-0.1, -0.05) is 95.0 Å². The van der Waals surface area contributed by atoms with Crippen LogP contribution < -0.4 is 0 Å². The summed E-state index contributed by atoms with van der Waals surface area (Å²) in [6, 6.07) is 27.4. The van der Waals surface area contributed by atoms with Gasteiger partial charge >= 0.3 is 0 Å². The highest BCUT2D eigenvalue weighted by molar-refractivity contribution is 7.21. The topological polar surface area (TPSA) is 20.3 Å². The average molecular weight is 633 g/mol. The van der Waals surface area contributed by atoms with Crippen LogP contribution >= 0.6 is 34.5 Å².